The van der Waals surface area contributed by atoms with Gasteiger partial charge in [0.2, 0.25) is 0 Å². The van der Waals surface area contributed by atoms with Crippen LogP contribution >= 0.6 is 23.1 Å². The molecule has 2 aromatic heterocycles. The van der Waals surface area contributed by atoms with Gasteiger partial charge in [0.1, 0.15) is 0 Å². The minimum absolute atomic E-state index is 0.673. The molecule has 1 aromatic carbocycles. The van der Waals surface area contributed by atoms with Gasteiger partial charge in [0.15, 0.2) is 5.13 Å². The number of aryl methyl sites for hydroxylation is 1. The van der Waals surface area contributed by atoms with Gasteiger partial charge in [-0.15, -0.1) is 11.8 Å². The Morgan fingerprint density at radius 3 is 2.95 bits per heavy atom. The molecule has 114 valence electrons. The molecule has 0 N–H and O–H groups in total. The molecule has 1 saturated heterocycles. The molecule has 1 fully saturated rings. The van der Waals surface area contributed by atoms with Crippen molar-refractivity contribution >= 4 is 38.4 Å². The minimum Gasteiger partial charge on any atom is -0.347 e. The van der Waals surface area contributed by atoms with Crippen molar-refractivity contribution in [2.45, 2.75) is 18.4 Å². The van der Waals surface area contributed by atoms with Crippen molar-refractivity contribution in [1.29, 1.82) is 0 Å². The van der Waals surface area contributed by atoms with Crippen LogP contribution in [0.3, 0.4) is 0 Å². The summed E-state index contributed by atoms with van der Waals surface area (Å²) < 4.78 is 3.34. The molecule has 3 heterocycles. The fraction of sp³-hybridized carbons (Fsp3) is 0.375. The number of aromatic nitrogens is 3. The van der Waals surface area contributed by atoms with Crippen molar-refractivity contribution in [3.8, 4) is 0 Å². The van der Waals surface area contributed by atoms with Crippen LogP contribution in [-0.2, 0) is 6.54 Å². The minimum atomic E-state index is 0.673. The van der Waals surface area contributed by atoms with Gasteiger partial charge in [0.25, 0.3) is 0 Å². The van der Waals surface area contributed by atoms with E-state index in [1.165, 1.54) is 15.2 Å². The lowest BCUT2D eigenvalue weighted by atomic mass is 10.0. The molecular weight excluding hydrogens is 312 g/mol. The highest BCUT2D eigenvalue weighted by atomic mass is 32.2. The summed E-state index contributed by atoms with van der Waals surface area (Å²) in [6.45, 7) is 5.24. The van der Waals surface area contributed by atoms with Gasteiger partial charge < -0.3 is 4.90 Å². The van der Waals surface area contributed by atoms with Crippen molar-refractivity contribution in [3.63, 3.8) is 0 Å². The van der Waals surface area contributed by atoms with E-state index in [1.54, 1.807) is 23.1 Å². The fourth-order valence-electron chi connectivity index (χ4n) is 2.88. The smallest absolute Gasteiger partial charge is 0.186 e. The van der Waals surface area contributed by atoms with Crippen molar-refractivity contribution in [2.75, 3.05) is 24.2 Å². The van der Waals surface area contributed by atoms with Crippen molar-refractivity contribution < 1.29 is 0 Å². The lowest BCUT2D eigenvalue weighted by Gasteiger charge is -2.39. The predicted octanol–water partition coefficient (Wildman–Crippen LogP) is 3.66. The Balaban J connectivity index is 1.46. The van der Waals surface area contributed by atoms with Crippen LogP contribution in [0.5, 0.6) is 0 Å². The molecule has 0 spiro atoms. The number of thioether (sulfide) groups is 1. The maximum Gasteiger partial charge on any atom is 0.186 e. The third-order valence-corrected chi connectivity index (χ3v) is 5.88. The number of hydrogen-bond acceptors (Lipinski definition) is 5. The number of thiazole rings is 1. The summed E-state index contributed by atoms with van der Waals surface area (Å²) >= 11 is 3.57. The summed E-state index contributed by atoms with van der Waals surface area (Å²) in [5.74, 6) is 0.673. The molecule has 0 unspecified atom stereocenters. The van der Waals surface area contributed by atoms with Gasteiger partial charge in [-0.25, -0.2) is 4.98 Å². The van der Waals surface area contributed by atoms with Gasteiger partial charge in [-0.2, -0.15) is 5.10 Å². The second-order valence-electron chi connectivity index (χ2n) is 5.81. The first-order valence-corrected chi connectivity index (χ1v) is 9.44. The van der Waals surface area contributed by atoms with E-state index < -0.39 is 0 Å². The number of rotatable bonds is 4. The number of fused-ring (bicyclic) bond motifs is 1. The van der Waals surface area contributed by atoms with E-state index in [0.29, 0.717) is 5.92 Å². The van der Waals surface area contributed by atoms with Crippen molar-refractivity contribution in [3.05, 3.63) is 36.2 Å². The van der Waals surface area contributed by atoms with Gasteiger partial charge in [0.05, 0.1) is 16.4 Å². The van der Waals surface area contributed by atoms with E-state index in [9.17, 15) is 0 Å². The van der Waals surface area contributed by atoms with Gasteiger partial charge in [0, 0.05) is 36.6 Å². The first kappa shape index (κ1) is 14.1. The first-order chi connectivity index (χ1) is 10.7. The summed E-state index contributed by atoms with van der Waals surface area (Å²) in [4.78, 5) is 8.50. The number of nitrogens with zero attached hydrogens (tertiary/aromatic N) is 4. The quantitative estimate of drug-likeness (QED) is 0.684. The molecule has 0 aliphatic carbocycles. The second-order valence-corrected chi connectivity index (χ2v) is 7.67. The summed E-state index contributed by atoms with van der Waals surface area (Å²) in [6.07, 6.45) is 6.15. The summed E-state index contributed by atoms with van der Waals surface area (Å²) in [5.41, 5.74) is 2.38. The van der Waals surface area contributed by atoms with Gasteiger partial charge in [-0.05, 0) is 30.9 Å². The third-order valence-electron chi connectivity index (χ3n) is 4.03. The van der Waals surface area contributed by atoms with E-state index in [2.05, 4.69) is 52.3 Å². The van der Waals surface area contributed by atoms with Crippen LogP contribution in [0.4, 0.5) is 5.13 Å². The number of anilines is 1. The lowest BCUT2D eigenvalue weighted by Crippen LogP contribution is -2.48. The number of benzene rings is 1. The highest BCUT2D eigenvalue weighted by Crippen LogP contribution is 2.36. The molecule has 0 saturated carbocycles. The largest absolute Gasteiger partial charge is 0.347 e. The zero-order chi connectivity index (χ0) is 15.1. The van der Waals surface area contributed by atoms with E-state index in [4.69, 9.17) is 4.98 Å². The van der Waals surface area contributed by atoms with E-state index in [-0.39, 0.29) is 0 Å². The predicted molar refractivity (Wildman–Crippen MR) is 94.1 cm³/mol. The second kappa shape index (κ2) is 5.59. The van der Waals surface area contributed by atoms with Gasteiger partial charge >= 0.3 is 0 Å². The topological polar surface area (TPSA) is 34.0 Å². The average Bonchev–Trinajstić information content (AvgIpc) is 3.07. The van der Waals surface area contributed by atoms with Crippen LogP contribution in [0, 0.1) is 12.8 Å². The SMILES string of the molecule is CSc1cccc2sc(N3CC(Cn4cc(C)cn4)C3)nc12. The normalized spacial score (nSPS) is 15.5. The van der Waals surface area contributed by atoms with Crippen LogP contribution in [0.2, 0.25) is 0 Å². The van der Waals surface area contributed by atoms with E-state index >= 15 is 0 Å². The average molecular weight is 330 g/mol. The Labute approximate surface area is 138 Å². The summed E-state index contributed by atoms with van der Waals surface area (Å²) in [7, 11) is 0. The van der Waals surface area contributed by atoms with Crippen LogP contribution in [0.15, 0.2) is 35.5 Å². The van der Waals surface area contributed by atoms with Crippen LogP contribution in [0.25, 0.3) is 10.2 Å². The molecule has 4 rings (SSSR count). The van der Waals surface area contributed by atoms with Gasteiger partial charge in [-0.1, -0.05) is 17.4 Å². The number of hydrogen-bond donors (Lipinski definition) is 0. The molecule has 0 bridgehead atoms. The zero-order valence-electron chi connectivity index (χ0n) is 12.7. The van der Waals surface area contributed by atoms with Gasteiger partial charge in [-0.3, -0.25) is 4.68 Å². The number of para-hydroxylation sites is 1. The maximum absolute atomic E-state index is 4.85. The molecule has 0 amide bonds. The molecule has 6 heteroatoms. The Morgan fingerprint density at radius 1 is 1.36 bits per heavy atom. The Hall–Kier alpha value is -1.53. The standard InChI is InChI=1S/C16H18N4S2/c1-11-6-17-20(7-11)10-12-8-19(9-12)16-18-15-13(21-2)4-3-5-14(15)22-16/h3-7,12H,8-10H2,1-2H3. The van der Waals surface area contributed by atoms with Crippen LogP contribution < -0.4 is 4.90 Å². The Morgan fingerprint density at radius 2 is 2.23 bits per heavy atom. The molecular formula is C16H18N4S2. The van der Waals surface area contributed by atoms with E-state index in [0.717, 1.165) is 30.3 Å². The third kappa shape index (κ3) is 2.50. The molecule has 0 atom stereocenters. The molecule has 4 nitrogen and oxygen atoms in total. The first-order valence-electron chi connectivity index (χ1n) is 7.40. The molecule has 3 aromatic rings. The maximum atomic E-state index is 4.85. The van der Waals surface area contributed by atoms with Crippen molar-refractivity contribution in [1.82, 2.24) is 14.8 Å². The van der Waals surface area contributed by atoms with Crippen LogP contribution in [-0.4, -0.2) is 34.1 Å². The highest BCUT2D eigenvalue weighted by Gasteiger charge is 2.29. The lowest BCUT2D eigenvalue weighted by molar-refractivity contribution is 0.342. The Bertz CT molecular complexity index is 801. The summed E-state index contributed by atoms with van der Waals surface area (Å²) in [6, 6.07) is 6.44. The fourth-order valence-corrected chi connectivity index (χ4v) is 4.52. The highest BCUT2D eigenvalue weighted by molar-refractivity contribution is 7.98. The monoisotopic (exact) mass is 330 g/mol. The molecule has 1 aliphatic heterocycles. The Kier molecular flexibility index (Phi) is 3.58. The zero-order valence-corrected chi connectivity index (χ0v) is 14.3. The van der Waals surface area contributed by atoms with Crippen LogP contribution in [0.1, 0.15) is 5.56 Å². The van der Waals surface area contributed by atoms with Crippen molar-refractivity contribution in [2.24, 2.45) is 5.92 Å². The summed E-state index contributed by atoms with van der Waals surface area (Å²) in [5, 5.41) is 5.53. The molecule has 0 radical (unpaired) electrons. The molecule has 1 aliphatic rings. The van der Waals surface area contributed by atoms with E-state index in [1.807, 2.05) is 6.20 Å². The molecule has 22 heavy (non-hydrogen) atoms.